The summed E-state index contributed by atoms with van der Waals surface area (Å²) in [7, 11) is 0. The van der Waals surface area contributed by atoms with E-state index in [-0.39, 0.29) is 0 Å². The minimum Gasteiger partial charge on any atom is -0.238 e. The fourth-order valence-corrected chi connectivity index (χ4v) is 1.08. The summed E-state index contributed by atoms with van der Waals surface area (Å²) in [6.07, 6.45) is 1.50. The van der Waals surface area contributed by atoms with E-state index in [1.54, 1.807) is 0 Å². The zero-order valence-corrected chi connectivity index (χ0v) is 7.34. The zero-order valence-electron chi connectivity index (χ0n) is 7.34. The molecule has 0 saturated carbocycles. The Balaban J connectivity index is 2.53. The maximum absolute atomic E-state index is 4.19. The zero-order chi connectivity index (χ0) is 9.26. The highest BCUT2D eigenvalue weighted by atomic mass is 15.5. The highest BCUT2D eigenvalue weighted by Crippen LogP contribution is 2.02. The van der Waals surface area contributed by atoms with Crippen molar-refractivity contribution >= 4 is 0 Å². The number of hydrogen-bond acceptors (Lipinski definition) is 5. The summed E-state index contributed by atoms with van der Waals surface area (Å²) >= 11 is 0. The summed E-state index contributed by atoms with van der Waals surface area (Å²) in [5, 5.41) is 10.8. The summed E-state index contributed by atoms with van der Waals surface area (Å²) < 4.78 is 1.50. The minimum atomic E-state index is 0.690. The molecule has 0 atom stereocenters. The fourth-order valence-electron chi connectivity index (χ4n) is 1.08. The molecule has 0 N–H and O–H groups in total. The van der Waals surface area contributed by atoms with E-state index in [0.717, 1.165) is 5.69 Å². The molecule has 66 valence electrons. The van der Waals surface area contributed by atoms with Crippen molar-refractivity contribution in [3.8, 4) is 5.82 Å². The second-order valence-corrected chi connectivity index (χ2v) is 2.67. The largest absolute Gasteiger partial charge is 0.238 e. The van der Waals surface area contributed by atoms with Crippen molar-refractivity contribution in [3.05, 3.63) is 23.9 Å². The lowest BCUT2D eigenvalue weighted by Crippen LogP contribution is -2.02. The molecule has 13 heavy (non-hydrogen) atoms. The summed E-state index contributed by atoms with van der Waals surface area (Å²) in [6, 6.07) is 1.82. The molecule has 0 unspecified atom stereocenters. The SMILES string of the molecule is Cc1cc(-n2cnnn2)nc(C)n1. The van der Waals surface area contributed by atoms with Gasteiger partial charge in [-0.2, -0.15) is 4.68 Å². The van der Waals surface area contributed by atoms with Crippen LogP contribution in [0.4, 0.5) is 0 Å². The molecule has 0 aliphatic heterocycles. The summed E-state index contributed by atoms with van der Waals surface area (Å²) in [5.41, 5.74) is 0.901. The molecule has 0 aromatic carbocycles. The Morgan fingerprint density at radius 1 is 1.23 bits per heavy atom. The van der Waals surface area contributed by atoms with Gasteiger partial charge in [0.15, 0.2) is 5.82 Å². The first kappa shape index (κ1) is 7.78. The number of rotatable bonds is 1. The molecule has 2 heterocycles. The van der Waals surface area contributed by atoms with Gasteiger partial charge in [0.2, 0.25) is 0 Å². The first-order valence-corrected chi connectivity index (χ1v) is 3.81. The third-order valence-electron chi connectivity index (χ3n) is 1.54. The van der Waals surface area contributed by atoms with Gasteiger partial charge in [-0.15, -0.1) is 5.10 Å². The highest BCUT2D eigenvalue weighted by molar-refractivity contribution is 5.22. The van der Waals surface area contributed by atoms with Crippen molar-refractivity contribution in [2.24, 2.45) is 0 Å². The normalized spacial score (nSPS) is 10.3. The van der Waals surface area contributed by atoms with Gasteiger partial charge in [0.05, 0.1) is 0 Å². The van der Waals surface area contributed by atoms with Gasteiger partial charge in [-0.1, -0.05) is 0 Å². The number of hydrogen-bond donors (Lipinski definition) is 0. The van der Waals surface area contributed by atoms with E-state index < -0.39 is 0 Å². The van der Waals surface area contributed by atoms with Crippen LogP contribution < -0.4 is 0 Å². The maximum Gasteiger partial charge on any atom is 0.160 e. The molecule has 0 aliphatic carbocycles. The molecule has 0 amide bonds. The molecular formula is C7H8N6. The molecule has 0 spiro atoms. The molecule has 6 heteroatoms. The smallest absolute Gasteiger partial charge is 0.160 e. The Hall–Kier alpha value is -1.85. The first-order valence-electron chi connectivity index (χ1n) is 3.81. The van der Waals surface area contributed by atoms with Crippen LogP contribution in [0.25, 0.3) is 5.82 Å². The van der Waals surface area contributed by atoms with Gasteiger partial charge in [0.25, 0.3) is 0 Å². The molecule has 2 rings (SSSR count). The van der Waals surface area contributed by atoms with Crippen molar-refractivity contribution in [1.29, 1.82) is 0 Å². The van der Waals surface area contributed by atoms with Crippen molar-refractivity contribution in [2.45, 2.75) is 13.8 Å². The van der Waals surface area contributed by atoms with Crippen LogP contribution in [0.3, 0.4) is 0 Å². The lowest BCUT2D eigenvalue weighted by molar-refractivity contribution is 0.760. The molecule has 0 saturated heterocycles. The highest BCUT2D eigenvalue weighted by Gasteiger charge is 2.01. The van der Waals surface area contributed by atoms with E-state index >= 15 is 0 Å². The van der Waals surface area contributed by atoms with Gasteiger partial charge < -0.3 is 0 Å². The molecule has 0 radical (unpaired) electrons. The summed E-state index contributed by atoms with van der Waals surface area (Å²) in [6.45, 7) is 3.74. The molecular weight excluding hydrogens is 168 g/mol. The topological polar surface area (TPSA) is 69.4 Å². The number of aromatic nitrogens is 6. The van der Waals surface area contributed by atoms with Gasteiger partial charge in [-0.25, -0.2) is 9.97 Å². The van der Waals surface area contributed by atoms with Crippen LogP contribution in [0.5, 0.6) is 0 Å². The Morgan fingerprint density at radius 3 is 2.69 bits per heavy atom. The Labute approximate surface area is 74.6 Å². The third-order valence-corrected chi connectivity index (χ3v) is 1.54. The van der Waals surface area contributed by atoms with Crippen LogP contribution in [-0.2, 0) is 0 Å². The second-order valence-electron chi connectivity index (χ2n) is 2.67. The Morgan fingerprint density at radius 2 is 2.08 bits per heavy atom. The van der Waals surface area contributed by atoms with Crippen molar-refractivity contribution in [2.75, 3.05) is 0 Å². The predicted octanol–water partition coefficient (Wildman–Crippen LogP) is 0.0691. The summed E-state index contributed by atoms with van der Waals surface area (Å²) in [4.78, 5) is 8.34. The van der Waals surface area contributed by atoms with Crippen molar-refractivity contribution in [3.63, 3.8) is 0 Å². The molecule has 0 fully saturated rings. The monoisotopic (exact) mass is 176 g/mol. The van der Waals surface area contributed by atoms with Crippen LogP contribution >= 0.6 is 0 Å². The molecule has 2 aromatic heterocycles. The van der Waals surface area contributed by atoms with E-state index in [2.05, 4.69) is 25.5 Å². The van der Waals surface area contributed by atoms with E-state index in [1.165, 1.54) is 11.0 Å². The van der Waals surface area contributed by atoms with Crippen LogP contribution in [-0.4, -0.2) is 30.2 Å². The fraction of sp³-hybridized carbons (Fsp3) is 0.286. The van der Waals surface area contributed by atoms with E-state index in [1.807, 2.05) is 19.9 Å². The Kier molecular flexibility index (Phi) is 1.73. The van der Waals surface area contributed by atoms with E-state index in [4.69, 9.17) is 0 Å². The first-order chi connectivity index (χ1) is 6.25. The predicted molar refractivity (Wildman–Crippen MR) is 44.2 cm³/mol. The quantitative estimate of drug-likeness (QED) is 0.615. The standard InChI is InChI=1S/C7H8N6/c1-5-3-7(10-6(2)9-5)13-4-8-11-12-13/h3-4H,1-2H3. The van der Waals surface area contributed by atoms with Crippen LogP contribution in [0.2, 0.25) is 0 Å². The van der Waals surface area contributed by atoms with Crippen molar-refractivity contribution in [1.82, 2.24) is 30.2 Å². The lowest BCUT2D eigenvalue weighted by Gasteiger charge is -2.00. The second kappa shape index (κ2) is 2.89. The number of nitrogens with zero attached hydrogens (tertiary/aromatic N) is 6. The van der Waals surface area contributed by atoms with E-state index in [0.29, 0.717) is 11.6 Å². The van der Waals surface area contributed by atoms with Gasteiger partial charge in [0, 0.05) is 11.8 Å². The van der Waals surface area contributed by atoms with Crippen LogP contribution in [0.15, 0.2) is 12.4 Å². The van der Waals surface area contributed by atoms with Gasteiger partial charge in [-0.05, 0) is 24.3 Å². The van der Waals surface area contributed by atoms with Gasteiger partial charge in [-0.3, -0.25) is 0 Å². The minimum absolute atomic E-state index is 0.690. The van der Waals surface area contributed by atoms with Gasteiger partial charge >= 0.3 is 0 Å². The lowest BCUT2D eigenvalue weighted by atomic mass is 10.4. The third kappa shape index (κ3) is 1.51. The molecule has 6 nitrogen and oxygen atoms in total. The average Bonchev–Trinajstić information content (AvgIpc) is 2.53. The molecule has 0 aliphatic rings. The van der Waals surface area contributed by atoms with E-state index in [9.17, 15) is 0 Å². The Bertz CT molecular complexity index is 387. The van der Waals surface area contributed by atoms with Crippen LogP contribution in [0.1, 0.15) is 11.5 Å². The molecule has 2 aromatic rings. The number of tetrazole rings is 1. The molecule has 0 bridgehead atoms. The average molecular weight is 176 g/mol. The number of aryl methyl sites for hydroxylation is 2. The maximum atomic E-state index is 4.19. The van der Waals surface area contributed by atoms with Crippen molar-refractivity contribution < 1.29 is 0 Å². The van der Waals surface area contributed by atoms with Crippen LogP contribution in [0, 0.1) is 13.8 Å². The summed E-state index contributed by atoms with van der Waals surface area (Å²) in [5.74, 6) is 1.40. The van der Waals surface area contributed by atoms with Gasteiger partial charge in [0.1, 0.15) is 12.2 Å².